The first-order valence-corrected chi connectivity index (χ1v) is 8.87. The van der Waals surface area contributed by atoms with Gasteiger partial charge in [0.1, 0.15) is 29.9 Å². The summed E-state index contributed by atoms with van der Waals surface area (Å²) in [5.41, 5.74) is -0.768. The van der Waals surface area contributed by atoms with Crippen molar-refractivity contribution in [2.24, 2.45) is 7.05 Å². The van der Waals surface area contributed by atoms with Crippen molar-refractivity contribution < 1.29 is 18.4 Å². The van der Waals surface area contributed by atoms with Crippen LogP contribution in [-0.4, -0.2) is 29.1 Å². The Morgan fingerprint density at radius 1 is 1.10 bits per heavy atom. The normalized spacial score (nSPS) is 10.9. The molecule has 0 aliphatic rings. The van der Waals surface area contributed by atoms with Gasteiger partial charge >= 0.3 is 11.4 Å². The maximum absolute atomic E-state index is 13.9. The van der Waals surface area contributed by atoms with Crippen LogP contribution < -0.4 is 10.4 Å². The van der Waals surface area contributed by atoms with Gasteiger partial charge in [-0.25, -0.2) is 18.3 Å². The minimum absolute atomic E-state index is 0.0499. The Morgan fingerprint density at radius 2 is 1.77 bits per heavy atom. The van der Waals surface area contributed by atoms with Crippen molar-refractivity contribution >= 4 is 5.69 Å². The van der Waals surface area contributed by atoms with E-state index < -0.39 is 22.2 Å². The van der Waals surface area contributed by atoms with Crippen molar-refractivity contribution in [3.63, 3.8) is 0 Å². The molecule has 0 spiro atoms. The maximum Gasteiger partial charge on any atom is 0.350 e. The minimum atomic E-state index is -0.759. The van der Waals surface area contributed by atoms with Gasteiger partial charge in [0, 0.05) is 12.6 Å². The predicted molar refractivity (Wildman–Crippen MR) is 103 cm³/mol. The zero-order valence-electron chi connectivity index (χ0n) is 16.0. The van der Waals surface area contributed by atoms with Gasteiger partial charge < -0.3 is 4.74 Å². The average Bonchev–Trinajstić information content (AvgIpc) is 3.28. The van der Waals surface area contributed by atoms with E-state index >= 15 is 0 Å². The lowest BCUT2D eigenvalue weighted by molar-refractivity contribution is -0.385. The van der Waals surface area contributed by atoms with Gasteiger partial charge in [0.15, 0.2) is 0 Å². The number of nitro groups is 1. The molecule has 2 aromatic carbocycles. The SMILES string of the molecule is Cn1ncc([N+](=O)[O-])c1Oc1ccc(-n2ncn(Cc3c(F)cccc3F)c2=O)cc1. The molecule has 0 radical (unpaired) electrons. The Balaban J connectivity index is 1.57. The summed E-state index contributed by atoms with van der Waals surface area (Å²) in [4.78, 5) is 23.0. The van der Waals surface area contributed by atoms with Gasteiger partial charge in [0.05, 0.1) is 17.2 Å². The fourth-order valence-corrected chi connectivity index (χ4v) is 2.90. The molecule has 0 saturated heterocycles. The second kappa shape index (κ2) is 7.82. The summed E-state index contributed by atoms with van der Waals surface area (Å²) in [5, 5.41) is 18.8. The van der Waals surface area contributed by atoms with Crippen molar-refractivity contribution in [2.75, 3.05) is 0 Å². The van der Waals surface area contributed by atoms with Gasteiger partial charge in [0.2, 0.25) is 0 Å². The highest BCUT2D eigenvalue weighted by Crippen LogP contribution is 2.30. The zero-order valence-corrected chi connectivity index (χ0v) is 16.0. The van der Waals surface area contributed by atoms with E-state index in [1.165, 1.54) is 48.4 Å². The summed E-state index contributed by atoms with van der Waals surface area (Å²) in [6.45, 7) is -0.317. The predicted octanol–water partition coefficient (Wildman–Crippen LogP) is 2.79. The number of hydrogen-bond donors (Lipinski definition) is 0. The lowest BCUT2D eigenvalue weighted by Crippen LogP contribution is -2.24. The summed E-state index contributed by atoms with van der Waals surface area (Å²) >= 11 is 0. The van der Waals surface area contributed by atoms with E-state index in [4.69, 9.17) is 4.74 Å². The van der Waals surface area contributed by atoms with E-state index in [9.17, 15) is 23.7 Å². The number of benzene rings is 2. The summed E-state index contributed by atoms with van der Waals surface area (Å²) in [6.07, 6.45) is 2.26. The third kappa shape index (κ3) is 3.77. The number of ether oxygens (including phenoxy) is 1. The number of rotatable bonds is 6. The van der Waals surface area contributed by atoms with Gasteiger partial charge in [-0.05, 0) is 36.4 Å². The van der Waals surface area contributed by atoms with Crippen molar-refractivity contribution in [2.45, 2.75) is 6.54 Å². The van der Waals surface area contributed by atoms with Crippen LogP contribution in [0.15, 0.2) is 59.8 Å². The van der Waals surface area contributed by atoms with Crippen LogP contribution in [0.3, 0.4) is 0 Å². The van der Waals surface area contributed by atoms with Crippen molar-refractivity contribution in [3.8, 4) is 17.3 Å². The standard InChI is InChI=1S/C19H14F2N6O4/c1-24-18(17(9-22-24)27(29)30)31-13-7-5-12(6-8-13)26-19(28)25(11-23-26)10-14-15(20)3-2-4-16(14)21/h2-9,11H,10H2,1H3. The molecule has 10 nitrogen and oxygen atoms in total. The number of hydrogen-bond acceptors (Lipinski definition) is 6. The molecule has 4 rings (SSSR count). The molecule has 0 aliphatic carbocycles. The van der Waals surface area contributed by atoms with Crippen molar-refractivity contribution in [3.05, 3.63) is 92.8 Å². The van der Waals surface area contributed by atoms with Crippen LogP contribution in [0.5, 0.6) is 11.6 Å². The molecule has 0 unspecified atom stereocenters. The van der Waals surface area contributed by atoms with Crippen LogP contribution in [0.25, 0.3) is 5.69 Å². The number of nitrogens with zero attached hydrogens (tertiary/aromatic N) is 6. The molecule has 31 heavy (non-hydrogen) atoms. The topological polar surface area (TPSA) is 110 Å². The molecular weight excluding hydrogens is 414 g/mol. The molecule has 0 saturated carbocycles. The molecule has 0 amide bonds. The fourth-order valence-electron chi connectivity index (χ4n) is 2.90. The monoisotopic (exact) mass is 428 g/mol. The molecule has 0 aliphatic heterocycles. The smallest absolute Gasteiger partial charge is 0.350 e. The highest BCUT2D eigenvalue weighted by Gasteiger charge is 2.21. The van der Waals surface area contributed by atoms with Crippen LogP contribution in [0.4, 0.5) is 14.5 Å². The first-order valence-electron chi connectivity index (χ1n) is 8.87. The molecule has 2 heterocycles. The van der Waals surface area contributed by atoms with Crippen LogP contribution in [0.1, 0.15) is 5.56 Å². The Labute approximate surface area is 172 Å². The first-order chi connectivity index (χ1) is 14.8. The van der Waals surface area contributed by atoms with Crippen molar-refractivity contribution in [1.29, 1.82) is 0 Å². The second-order valence-electron chi connectivity index (χ2n) is 6.47. The van der Waals surface area contributed by atoms with E-state index in [0.29, 0.717) is 5.69 Å². The Hall–Kier alpha value is -4.35. The molecular formula is C19H14F2N6O4. The summed E-state index contributed by atoms with van der Waals surface area (Å²) < 4.78 is 36.6. The fraction of sp³-hybridized carbons (Fsp3) is 0.105. The van der Waals surface area contributed by atoms with Gasteiger partial charge in [-0.15, -0.1) is 0 Å². The molecule has 158 valence electrons. The van der Waals surface area contributed by atoms with E-state index in [1.807, 2.05) is 0 Å². The number of aryl methyl sites for hydroxylation is 1. The van der Waals surface area contributed by atoms with Gasteiger partial charge in [-0.2, -0.15) is 14.9 Å². The van der Waals surface area contributed by atoms with Gasteiger partial charge in [0.25, 0.3) is 5.88 Å². The number of halogens is 2. The highest BCUT2D eigenvalue weighted by atomic mass is 19.1. The summed E-state index contributed by atoms with van der Waals surface area (Å²) in [5.74, 6) is -1.29. The van der Waals surface area contributed by atoms with Crippen molar-refractivity contribution in [1.82, 2.24) is 24.1 Å². The third-order valence-electron chi connectivity index (χ3n) is 4.48. The van der Waals surface area contributed by atoms with Crippen LogP contribution in [0, 0.1) is 21.7 Å². The molecule has 0 atom stereocenters. The zero-order chi connectivity index (χ0) is 22.1. The molecule has 4 aromatic rings. The Bertz CT molecular complexity index is 1310. The van der Waals surface area contributed by atoms with E-state index in [1.54, 1.807) is 0 Å². The van der Waals surface area contributed by atoms with Crippen LogP contribution in [-0.2, 0) is 13.6 Å². The minimum Gasteiger partial charge on any atom is -0.434 e. The Kier molecular flexibility index (Phi) is 5.03. The van der Waals surface area contributed by atoms with E-state index in [2.05, 4.69) is 10.2 Å². The van der Waals surface area contributed by atoms with Gasteiger partial charge in [-0.3, -0.25) is 14.7 Å². The number of aromatic nitrogens is 5. The molecule has 12 heteroatoms. The molecule has 2 aromatic heterocycles. The van der Waals surface area contributed by atoms with Gasteiger partial charge in [-0.1, -0.05) is 6.07 Å². The first kappa shape index (κ1) is 19.9. The van der Waals surface area contributed by atoms with Crippen LogP contribution >= 0.6 is 0 Å². The summed E-state index contributed by atoms with van der Waals surface area (Å²) in [7, 11) is 1.50. The lowest BCUT2D eigenvalue weighted by atomic mass is 10.2. The lowest BCUT2D eigenvalue weighted by Gasteiger charge is -2.06. The van der Waals surface area contributed by atoms with Crippen LogP contribution in [0.2, 0.25) is 0 Å². The molecule has 0 N–H and O–H groups in total. The summed E-state index contributed by atoms with van der Waals surface area (Å²) in [6, 6.07) is 9.48. The van der Waals surface area contributed by atoms with E-state index in [0.717, 1.165) is 27.6 Å². The quantitative estimate of drug-likeness (QED) is 0.345. The van der Waals surface area contributed by atoms with E-state index in [-0.39, 0.29) is 29.4 Å². The molecule has 0 bridgehead atoms. The largest absolute Gasteiger partial charge is 0.434 e. The third-order valence-corrected chi connectivity index (χ3v) is 4.48. The second-order valence-corrected chi connectivity index (χ2v) is 6.47. The highest BCUT2D eigenvalue weighted by molar-refractivity contribution is 5.44. The Morgan fingerprint density at radius 3 is 2.42 bits per heavy atom. The maximum atomic E-state index is 13.9. The average molecular weight is 428 g/mol. The molecule has 0 fully saturated rings.